The van der Waals surface area contributed by atoms with Crippen LogP contribution in [0.15, 0.2) is 24.3 Å². The topological polar surface area (TPSA) is 71.6 Å². The number of nitrogens with one attached hydrogen (secondary N) is 1. The molecule has 5 nitrogen and oxygen atoms in total. The van der Waals surface area contributed by atoms with Gasteiger partial charge in [-0.2, -0.15) is 0 Å². The third-order valence-electron chi connectivity index (χ3n) is 3.48. The van der Waals surface area contributed by atoms with E-state index in [0.717, 1.165) is 31.8 Å². The van der Waals surface area contributed by atoms with Crippen molar-refractivity contribution in [2.45, 2.75) is 18.9 Å². The lowest BCUT2D eigenvalue weighted by Gasteiger charge is -2.24. The second-order valence-electron chi connectivity index (χ2n) is 5.12. The van der Waals surface area contributed by atoms with Crippen LogP contribution < -0.4 is 10.5 Å². The third kappa shape index (κ3) is 4.21. The van der Waals surface area contributed by atoms with Gasteiger partial charge in [-0.1, -0.05) is 18.2 Å². The lowest BCUT2D eigenvalue weighted by atomic mass is 10.1. The zero-order valence-corrected chi connectivity index (χ0v) is 12.0. The number of fused-ring (bicyclic) bond motifs is 1. The van der Waals surface area contributed by atoms with Crippen molar-refractivity contribution in [1.82, 2.24) is 4.90 Å². The van der Waals surface area contributed by atoms with E-state index in [4.69, 9.17) is 20.6 Å². The molecule has 5 heteroatoms. The van der Waals surface area contributed by atoms with E-state index in [0.29, 0.717) is 13.0 Å². The van der Waals surface area contributed by atoms with Crippen molar-refractivity contribution in [1.29, 1.82) is 5.41 Å². The Balaban J connectivity index is 1.86. The molecule has 1 unspecified atom stereocenters. The molecule has 0 spiro atoms. The molecule has 0 radical (unpaired) electrons. The summed E-state index contributed by atoms with van der Waals surface area (Å²) in [6.07, 6.45) is 1.71. The monoisotopic (exact) mass is 277 g/mol. The Hall–Kier alpha value is -1.59. The fourth-order valence-electron chi connectivity index (χ4n) is 2.44. The molecule has 3 N–H and O–H groups in total. The van der Waals surface area contributed by atoms with E-state index < -0.39 is 0 Å². The van der Waals surface area contributed by atoms with Crippen LogP contribution in [0.25, 0.3) is 0 Å². The van der Waals surface area contributed by atoms with Crippen molar-refractivity contribution in [3.8, 4) is 5.75 Å². The SMILES string of the molecule is COCCN(CCC(=N)N)CC1Cc2ccccc2O1. The molecule has 0 fully saturated rings. The standard InChI is InChI=1S/C15H23N3O2/c1-19-9-8-18(7-6-15(16)17)11-13-10-12-4-2-3-5-14(12)20-13/h2-5,13H,6-11H2,1H3,(H3,16,17). The predicted octanol–water partition coefficient (Wildman–Crippen LogP) is 1.26. The number of para-hydroxylation sites is 1. The van der Waals surface area contributed by atoms with Crippen molar-refractivity contribution < 1.29 is 9.47 Å². The maximum Gasteiger partial charge on any atom is 0.123 e. The molecule has 1 aromatic carbocycles. The number of benzene rings is 1. The maximum atomic E-state index is 7.34. The van der Waals surface area contributed by atoms with Gasteiger partial charge in [0.2, 0.25) is 0 Å². The molecule has 1 atom stereocenters. The molecule has 0 saturated carbocycles. The highest BCUT2D eigenvalue weighted by Gasteiger charge is 2.24. The summed E-state index contributed by atoms with van der Waals surface area (Å²) < 4.78 is 11.1. The summed E-state index contributed by atoms with van der Waals surface area (Å²) >= 11 is 0. The molecule has 1 aromatic rings. The average molecular weight is 277 g/mol. The minimum absolute atomic E-state index is 0.177. The van der Waals surface area contributed by atoms with Gasteiger partial charge in [0.15, 0.2) is 0 Å². The van der Waals surface area contributed by atoms with Crippen molar-refractivity contribution in [3.05, 3.63) is 29.8 Å². The minimum atomic E-state index is 0.177. The van der Waals surface area contributed by atoms with E-state index >= 15 is 0 Å². The van der Waals surface area contributed by atoms with E-state index in [1.165, 1.54) is 5.56 Å². The highest BCUT2D eigenvalue weighted by Crippen LogP contribution is 2.28. The Morgan fingerprint density at radius 3 is 2.95 bits per heavy atom. The Labute approximate surface area is 120 Å². The lowest BCUT2D eigenvalue weighted by Crippen LogP contribution is -2.38. The molecule has 0 bridgehead atoms. The van der Waals surface area contributed by atoms with E-state index in [-0.39, 0.29) is 11.9 Å². The molecule has 2 rings (SSSR count). The Bertz CT molecular complexity index is 425. The fraction of sp³-hybridized carbons (Fsp3) is 0.533. The van der Waals surface area contributed by atoms with Gasteiger partial charge < -0.3 is 15.2 Å². The number of nitrogens with two attached hydrogens (primary N) is 1. The van der Waals surface area contributed by atoms with Crippen LogP contribution in [-0.4, -0.2) is 50.2 Å². The predicted molar refractivity (Wildman–Crippen MR) is 79.4 cm³/mol. The number of methoxy groups -OCH3 is 1. The van der Waals surface area contributed by atoms with Gasteiger partial charge in [-0.05, 0) is 11.6 Å². The highest BCUT2D eigenvalue weighted by molar-refractivity contribution is 5.76. The van der Waals surface area contributed by atoms with Gasteiger partial charge in [0.1, 0.15) is 11.9 Å². The van der Waals surface area contributed by atoms with Crippen LogP contribution in [0, 0.1) is 5.41 Å². The van der Waals surface area contributed by atoms with Crippen LogP contribution >= 0.6 is 0 Å². The van der Waals surface area contributed by atoms with Gasteiger partial charge in [0.05, 0.1) is 12.4 Å². The molecular formula is C15H23N3O2. The summed E-state index contributed by atoms with van der Waals surface area (Å²) in [6, 6.07) is 8.18. The summed E-state index contributed by atoms with van der Waals surface area (Å²) in [6.45, 7) is 3.12. The first-order valence-corrected chi connectivity index (χ1v) is 6.98. The lowest BCUT2D eigenvalue weighted by molar-refractivity contribution is 0.113. The van der Waals surface area contributed by atoms with Crippen LogP contribution in [-0.2, 0) is 11.2 Å². The summed E-state index contributed by atoms with van der Waals surface area (Å²) in [7, 11) is 1.70. The summed E-state index contributed by atoms with van der Waals surface area (Å²) in [5, 5.41) is 7.34. The Kier molecular flexibility index (Phi) is 5.38. The van der Waals surface area contributed by atoms with Gasteiger partial charge in [-0.25, -0.2) is 0 Å². The van der Waals surface area contributed by atoms with Crippen LogP contribution in [0.1, 0.15) is 12.0 Å². The van der Waals surface area contributed by atoms with Crippen LogP contribution in [0.4, 0.5) is 0 Å². The highest BCUT2D eigenvalue weighted by atomic mass is 16.5. The molecule has 0 aromatic heterocycles. The number of hydrogen-bond acceptors (Lipinski definition) is 4. The molecule has 1 aliphatic heterocycles. The van der Waals surface area contributed by atoms with Crippen molar-refractivity contribution in [2.75, 3.05) is 33.4 Å². The van der Waals surface area contributed by atoms with Gasteiger partial charge in [0.25, 0.3) is 0 Å². The zero-order valence-electron chi connectivity index (χ0n) is 12.0. The molecule has 20 heavy (non-hydrogen) atoms. The van der Waals surface area contributed by atoms with E-state index in [1.54, 1.807) is 7.11 Å². The van der Waals surface area contributed by atoms with Crippen molar-refractivity contribution in [3.63, 3.8) is 0 Å². The van der Waals surface area contributed by atoms with Gasteiger partial charge in [-0.15, -0.1) is 0 Å². The Morgan fingerprint density at radius 2 is 2.25 bits per heavy atom. The molecule has 0 amide bonds. The van der Waals surface area contributed by atoms with E-state index in [2.05, 4.69) is 11.0 Å². The van der Waals surface area contributed by atoms with Gasteiger partial charge in [-0.3, -0.25) is 10.3 Å². The van der Waals surface area contributed by atoms with Gasteiger partial charge in [0, 0.05) is 39.6 Å². The first-order valence-electron chi connectivity index (χ1n) is 6.98. The molecule has 0 saturated heterocycles. The molecule has 1 heterocycles. The summed E-state index contributed by atoms with van der Waals surface area (Å²) in [5.74, 6) is 1.22. The van der Waals surface area contributed by atoms with Crippen molar-refractivity contribution >= 4 is 5.84 Å². The molecule has 1 aliphatic rings. The third-order valence-corrected chi connectivity index (χ3v) is 3.48. The average Bonchev–Trinajstić information content (AvgIpc) is 2.83. The largest absolute Gasteiger partial charge is 0.488 e. The molecule has 110 valence electrons. The smallest absolute Gasteiger partial charge is 0.123 e. The van der Waals surface area contributed by atoms with Crippen LogP contribution in [0.5, 0.6) is 5.75 Å². The van der Waals surface area contributed by atoms with E-state index in [1.807, 2.05) is 18.2 Å². The normalized spacial score (nSPS) is 17.0. The first kappa shape index (κ1) is 14.8. The summed E-state index contributed by atoms with van der Waals surface area (Å²) in [5.41, 5.74) is 6.71. The van der Waals surface area contributed by atoms with Gasteiger partial charge >= 0.3 is 0 Å². The number of nitrogens with zero attached hydrogens (tertiary/aromatic N) is 1. The number of rotatable bonds is 8. The van der Waals surface area contributed by atoms with E-state index in [9.17, 15) is 0 Å². The second-order valence-corrected chi connectivity index (χ2v) is 5.12. The van der Waals surface area contributed by atoms with Crippen molar-refractivity contribution in [2.24, 2.45) is 5.73 Å². The molecular weight excluding hydrogens is 254 g/mol. The number of hydrogen-bond donors (Lipinski definition) is 2. The maximum absolute atomic E-state index is 7.34. The quantitative estimate of drug-likeness (QED) is 0.554. The Morgan fingerprint density at radius 1 is 1.45 bits per heavy atom. The fourth-order valence-corrected chi connectivity index (χ4v) is 2.44. The number of ether oxygens (including phenoxy) is 2. The molecule has 0 aliphatic carbocycles. The van der Waals surface area contributed by atoms with Crippen LogP contribution in [0.3, 0.4) is 0 Å². The minimum Gasteiger partial charge on any atom is -0.488 e. The first-order chi connectivity index (χ1) is 9.69. The number of amidine groups is 1. The zero-order chi connectivity index (χ0) is 14.4. The van der Waals surface area contributed by atoms with Crippen LogP contribution in [0.2, 0.25) is 0 Å². The second kappa shape index (κ2) is 7.26. The summed E-state index contributed by atoms with van der Waals surface area (Å²) in [4.78, 5) is 2.25.